The Hall–Kier alpha value is -2.04. The molecule has 4 nitrogen and oxygen atoms in total. The van der Waals surface area contributed by atoms with Gasteiger partial charge < -0.3 is 14.8 Å². The molecule has 0 aliphatic rings. The number of rotatable bonds is 3. The van der Waals surface area contributed by atoms with Crippen molar-refractivity contribution in [1.82, 2.24) is 4.98 Å². The molecule has 3 aromatic rings. The van der Waals surface area contributed by atoms with Crippen LogP contribution in [0.2, 0.25) is 0 Å². The van der Waals surface area contributed by atoms with Gasteiger partial charge in [0.1, 0.15) is 0 Å². The van der Waals surface area contributed by atoms with Crippen LogP contribution < -0.4 is 0 Å². The molecule has 108 valence electrons. The number of hydrogen-bond acceptors (Lipinski definition) is 3. The number of H-pyrrole nitrogens is 1. The molecule has 0 bridgehead atoms. The van der Waals surface area contributed by atoms with Crippen molar-refractivity contribution in [3.63, 3.8) is 0 Å². The first-order valence-corrected chi connectivity index (χ1v) is 6.96. The molecule has 2 N–H and O–H groups in total. The molecule has 1 aromatic heterocycles. The summed E-state index contributed by atoms with van der Waals surface area (Å²) in [5.41, 5.74) is 2.69. The molecule has 2 atom stereocenters. The van der Waals surface area contributed by atoms with Crippen LogP contribution in [0.4, 0.5) is 0 Å². The minimum absolute atomic E-state index is 0.673. The molecule has 0 saturated heterocycles. The molecule has 0 fully saturated rings. The van der Waals surface area contributed by atoms with Gasteiger partial charge in [-0.25, -0.2) is 4.79 Å². The van der Waals surface area contributed by atoms with E-state index in [0.717, 1.165) is 21.8 Å². The van der Waals surface area contributed by atoms with Crippen LogP contribution in [0.1, 0.15) is 10.9 Å². The molecule has 0 aliphatic carbocycles. The van der Waals surface area contributed by atoms with Crippen LogP contribution in [0.3, 0.4) is 0 Å². The van der Waals surface area contributed by atoms with Crippen molar-refractivity contribution in [3.8, 4) is 0 Å². The monoisotopic (exact) mass is 303 g/mol. The summed E-state index contributed by atoms with van der Waals surface area (Å²) in [4.78, 5) is 14.7. The predicted molar refractivity (Wildman–Crippen MR) is 82.4 cm³/mol. The summed E-state index contributed by atoms with van der Waals surface area (Å²) in [6.45, 7) is 0. The van der Waals surface area contributed by atoms with Crippen molar-refractivity contribution in [1.29, 1.82) is 0 Å². The third kappa shape index (κ3) is 2.37. The van der Waals surface area contributed by atoms with Gasteiger partial charge in [-0.15, -0.1) is 11.6 Å². The molecular weight excluding hydrogens is 290 g/mol. The lowest BCUT2D eigenvalue weighted by molar-refractivity contribution is -0.150. The number of esters is 1. The Labute approximate surface area is 126 Å². The lowest BCUT2D eigenvalue weighted by Crippen LogP contribution is -2.26. The lowest BCUT2D eigenvalue weighted by Gasteiger charge is -2.15. The fraction of sp³-hybridized carbons (Fsp3) is 0.188. The van der Waals surface area contributed by atoms with Gasteiger partial charge in [-0.3, -0.25) is 0 Å². The number of alkyl halides is 1. The van der Waals surface area contributed by atoms with Crippen LogP contribution in [0.25, 0.3) is 21.8 Å². The van der Waals surface area contributed by atoms with Crippen LogP contribution in [-0.4, -0.2) is 29.3 Å². The van der Waals surface area contributed by atoms with Crippen molar-refractivity contribution >= 4 is 39.4 Å². The number of carbonyl (C=O) groups is 1. The van der Waals surface area contributed by atoms with E-state index in [-0.39, 0.29) is 0 Å². The Morgan fingerprint density at radius 3 is 2.67 bits per heavy atom. The minimum atomic E-state index is -1.39. The fourth-order valence-corrected chi connectivity index (χ4v) is 2.70. The smallest absolute Gasteiger partial charge is 0.336 e. The maximum atomic E-state index is 11.4. The molecule has 0 aliphatic heterocycles. The van der Waals surface area contributed by atoms with Crippen LogP contribution in [0, 0.1) is 0 Å². The molecule has 2 aromatic carbocycles. The fourth-order valence-electron chi connectivity index (χ4n) is 2.46. The van der Waals surface area contributed by atoms with Crippen LogP contribution >= 0.6 is 11.6 Å². The Bertz CT molecular complexity index is 811. The van der Waals surface area contributed by atoms with Gasteiger partial charge >= 0.3 is 5.97 Å². The zero-order valence-electron chi connectivity index (χ0n) is 11.3. The lowest BCUT2D eigenvalue weighted by atomic mass is 10.0. The molecule has 5 heteroatoms. The van der Waals surface area contributed by atoms with Crippen molar-refractivity contribution in [2.24, 2.45) is 0 Å². The number of nitrogens with one attached hydrogen (secondary N) is 1. The highest BCUT2D eigenvalue weighted by atomic mass is 35.5. The van der Waals surface area contributed by atoms with Gasteiger partial charge in [-0.1, -0.05) is 24.3 Å². The number of ether oxygens (including phenoxy) is 1. The van der Waals surface area contributed by atoms with Crippen molar-refractivity contribution in [2.75, 3.05) is 7.11 Å². The molecule has 1 heterocycles. The first-order valence-electron chi connectivity index (χ1n) is 6.52. The number of hydrogen-bond donors (Lipinski definition) is 2. The number of carbonyl (C=O) groups excluding carboxylic acids is 1. The zero-order valence-corrected chi connectivity index (χ0v) is 12.1. The molecule has 3 rings (SSSR count). The predicted octanol–water partition coefficient (Wildman–Crippen LogP) is 3.13. The van der Waals surface area contributed by atoms with Crippen molar-refractivity contribution in [3.05, 3.63) is 48.0 Å². The number of aromatic amines is 1. The minimum Gasteiger partial charge on any atom is -0.467 e. The summed E-state index contributed by atoms with van der Waals surface area (Å²) in [6.07, 6.45) is -1.39. The Kier molecular flexibility index (Phi) is 3.57. The van der Waals surface area contributed by atoms with E-state index < -0.39 is 17.5 Å². The topological polar surface area (TPSA) is 62.3 Å². The molecule has 0 saturated carbocycles. The second-order valence-electron chi connectivity index (χ2n) is 4.85. The van der Waals surface area contributed by atoms with Gasteiger partial charge in [0.2, 0.25) is 0 Å². The van der Waals surface area contributed by atoms with E-state index in [1.807, 2.05) is 36.4 Å². The van der Waals surface area contributed by atoms with Gasteiger partial charge in [0, 0.05) is 21.8 Å². The normalized spacial score (nSPS) is 14.2. The number of methoxy groups -OCH3 is 1. The van der Waals surface area contributed by atoms with Gasteiger partial charge in [0.25, 0.3) is 0 Å². The maximum Gasteiger partial charge on any atom is 0.336 e. The second-order valence-corrected chi connectivity index (χ2v) is 5.32. The van der Waals surface area contributed by atoms with Gasteiger partial charge in [0.15, 0.2) is 6.10 Å². The highest BCUT2D eigenvalue weighted by Crippen LogP contribution is 2.31. The first kappa shape index (κ1) is 13.9. The summed E-state index contributed by atoms with van der Waals surface area (Å²) in [6, 6.07) is 13.5. The van der Waals surface area contributed by atoms with E-state index in [1.165, 1.54) is 7.11 Å². The maximum absolute atomic E-state index is 11.4. The number of aliphatic hydroxyl groups is 1. The number of fused-ring (bicyclic) bond motifs is 3. The van der Waals surface area contributed by atoms with Gasteiger partial charge in [0.05, 0.1) is 12.5 Å². The standard InChI is InChI=1S/C16H14ClNO3/c1-21-16(20)15(19)14(17)9-6-7-13-11(8-9)10-4-2-3-5-12(10)18-13/h2-8,14-15,18-19H,1H3. The highest BCUT2D eigenvalue weighted by molar-refractivity contribution is 6.23. The second kappa shape index (κ2) is 5.39. The number of benzene rings is 2. The number of para-hydroxylation sites is 1. The first-order chi connectivity index (χ1) is 10.1. The Morgan fingerprint density at radius 1 is 1.19 bits per heavy atom. The summed E-state index contributed by atoms with van der Waals surface area (Å²) in [5.74, 6) is -0.742. The summed E-state index contributed by atoms with van der Waals surface area (Å²) < 4.78 is 4.52. The number of aromatic nitrogens is 1. The number of aliphatic hydroxyl groups excluding tert-OH is 1. The molecular formula is C16H14ClNO3. The quantitative estimate of drug-likeness (QED) is 0.577. The molecule has 0 amide bonds. The van der Waals surface area contributed by atoms with E-state index in [4.69, 9.17) is 11.6 Å². The largest absolute Gasteiger partial charge is 0.467 e. The molecule has 0 radical (unpaired) electrons. The molecule has 0 spiro atoms. The van der Waals surface area contributed by atoms with E-state index in [2.05, 4.69) is 9.72 Å². The molecule has 21 heavy (non-hydrogen) atoms. The third-order valence-electron chi connectivity index (χ3n) is 3.57. The van der Waals surface area contributed by atoms with Crippen LogP contribution in [0.5, 0.6) is 0 Å². The third-order valence-corrected chi connectivity index (χ3v) is 4.06. The SMILES string of the molecule is COC(=O)C(O)C(Cl)c1ccc2[nH]c3ccccc3c2c1. The summed E-state index contributed by atoms with van der Waals surface area (Å²) in [7, 11) is 1.22. The highest BCUT2D eigenvalue weighted by Gasteiger charge is 2.26. The van der Waals surface area contributed by atoms with Crippen LogP contribution in [-0.2, 0) is 9.53 Å². The summed E-state index contributed by atoms with van der Waals surface area (Å²) in [5, 5.41) is 11.1. The van der Waals surface area contributed by atoms with Crippen molar-refractivity contribution < 1.29 is 14.6 Å². The summed E-state index contributed by atoms with van der Waals surface area (Å²) >= 11 is 6.19. The van der Waals surface area contributed by atoms with Gasteiger partial charge in [-0.2, -0.15) is 0 Å². The van der Waals surface area contributed by atoms with E-state index >= 15 is 0 Å². The molecule has 2 unspecified atom stereocenters. The average Bonchev–Trinajstić information content (AvgIpc) is 2.90. The average molecular weight is 304 g/mol. The number of halogens is 1. The van der Waals surface area contributed by atoms with Crippen molar-refractivity contribution in [2.45, 2.75) is 11.5 Å². The zero-order chi connectivity index (χ0) is 15.0. The van der Waals surface area contributed by atoms with E-state index in [0.29, 0.717) is 5.56 Å². The Balaban J connectivity index is 2.08. The van der Waals surface area contributed by atoms with E-state index in [1.54, 1.807) is 6.07 Å². The Morgan fingerprint density at radius 2 is 1.90 bits per heavy atom. The van der Waals surface area contributed by atoms with Crippen LogP contribution in [0.15, 0.2) is 42.5 Å². The van der Waals surface area contributed by atoms with E-state index in [9.17, 15) is 9.90 Å². The van der Waals surface area contributed by atoms with Gasteiger partial charge in [-0.05, 0) is 23.8 Å².